The molecule has 2 aromatic carbocycles. The molecule has 2 heterocycles. The molecule has 2 aromatic rings. The van der Waals surface area contributed by atoms with Crippen LogP contribution in [0.1, 0.15) is 49.3 Å². The van der Waals surface area contributed by atoms with Crippen molar-refractivity contribution in [2.45, 2.75) is 52.2 Å². The molecule has 0 saturated heterocycles. The summed E-state index contributed by atoms with van der Waals surface area (Å²) in [7, 11) is 0. The zero-order valence-electron chi connectivity index (χ0n) is 19.3. The van der Waals surface area contributed by atoms with E-state index < -0.39 is 0 Å². The average Bonchev–Trinajstić information content (AvgIpc) is 3.48. The number of amides is 1. The highest BCUT2D eigenvalue weighted by atomic mass is 79.9. The van der Waals surface area contributed by atoms with E-state index in [0.717, 1.165) is 52.4 Å². The Morgan fingerprint density at radius 2 is 1.76 bits per heavy atom. The van der Waals surface area contributed by atoms with Crippen molar-refractivity contribution in [3.63, 3.8) is 0 Å². The van der Waals surface area contributed by atoms with Crippen LogP contribution in [0.2, 0.25) is 0 Å². The first-order valence-electron chi connectivity index (χ1n) is 11.9. The molecule has 1 N–H and O–H groups in total. The molecule has 1 saturated carbocycles. The number of nitrogens with one attached hydrogen (secondary N) is 1. The van der Waals surface area contributed by atoms with Gasteiger partial charge in [-0.15, -0.1) is 0 Å². The van der Waals surface area contributed by atoms with E-state index in [1.54, 1.807) is 0 Å². The molecular weight excluding hydrogens is 500 g/mol. The minimum absolute atomic E-state index is 0.0426. The van der Waals surface area contributed by atoms with E-state index in [4.69, 9.17) is 14.2 Å². The van der Waals surface area contributed by atoms with Crippen molar-refractivity contribution < 1.29 is 23.8 Å². The molecule has 0 atom stereocenters. The first-order valence-corrected chi connectivity index (χ1v) is 12.7. The maximum atomic E-state index is 13.1. The van der Waals surface area contributed by atoms with Crippen LogP contribution in [0.3, 0.4) is 0 Å². The monoisotopic (exact) mass is 528 g/mol. The summed E-state index contributed by atoms with van der Waals surface area (Å²) in [4.78, 5) is 27.4. The molecule has 3 aliphatic rings. The van der Waals surface area contributed by atoms with Crippen molar-refractivity contribution in [3.8, 4) is 11.5 Å². The number of benzene rings is 2. The lowest BCUT2D eigenvalue weighted by atomic mass is 9.81. The van der Waals surface area contributed by atoms with E-state index in [1.807, 2.05) is 31.2 Å². The fourth-order valence-corrected chi connectivity index (χ4v) is 5.63. The largest absolute Gasteiger partial charge is 0.466 e. The topological polar surface area (TPSA) is 77.1 Å². The number of halogens is 1. The number of carbonyl (C=O) groups excluding carboxylic acids is 2. The number of fused-ring (bicyclic) bond motifs is 2. The number of anilines is 1. The molecular formula is C26H29BrN2O5. The lowest BCUT2D eigenvalue weighted by Crippen LogP contribution is -2.30. The predicted octanol–water partition coefficient (Wildman–Crippen LogP) is 5.00. The van der Waals surface area contributed by atoms with Crippen LogP contribution in [-0.2, 0) is 34.0 Å². The van der Waals surface area contributed by atoms with E-state index >= 15 is 0 Å². The van der Waals surface area contributed by atoms with Crippen LogP contribution in [0.25, 0.3) is 0 Å². The van der Waals surface area contributed by atoms with Crippen molar-refractivity contribution >= 4 is 33.5 Å². The fraction of sp³-hybridized carbons (Fsp3) is 0.462. The molecule has 0 radical (unpaired) electrons. The second-order valence-corrected chi connectivity index (χ2v) is 10.0. The van der Waals surface area contributed by atoms with Crippen LogP contribution in [0, 0.1) is 11.8 Å². The molecule has 1 amide bonds. The van der Waals surface area contributed by atoms with Crippen molar-refractivity contribution in [2.24, 2.45) is 11.8 Å². The lowest BCUT2D eigenvalue weighted by Gasteiger charge is -2.26. The molecule has 34 heavy (non-hydrogen) atoms. The van der Waals surface area contributed by atoms with Crippen LogP contribution in [0.15, 0.2) is 34.8 Å². The maximum absolute atomic E-state index is 13.1. The minimum Gasteiger partial charge on any atom is -0.466 e. The van der Waals surface area contributed by atoms with Gasteiger partial charge in [-0.1, -0.05) is 22.0 Å². The second-order valence-electron chi connectivity index (χ2n) is 9.17. The first kappa shape index (κ1) is 23.2. The third kappa shape index (κ3) is 4.79. The van der Waals surface area contributed by atoms with Gasteiger partial charge in [-0.3, -0.25) is 14.5 Å². The molecule has 8 heteroatoms. The molecule has 7 nitrogen and oxygen atoms in total. The van der Waals surface area contributed by atoms with Crippen molar-refractivity contribution in [1.29, 1.82) is 0 Å². The molecule has 0 spiro atoms. The van der Waals surface area contributed by atoms with Gasteiger partial charge in [0.1, 0.15) is 0 Å². The summed E-state index contributed by atoms with van der Waals surface area (Å²) >= 11 is 3.69. The van der Waals surface area contributed by atoms with Gasteiger partial charge < -0.3 is 19.5 Å². The SMILES string of the molecule is CCOC(=O)C1CCC(C(=O)Nc2ccc(Br)c3c2CN(Cc2ccc4c(c2)OCO4)C3)CC1. The van der Waals surface area contributed by atoms with Gasteiger partial charge in [0.05, 0.1) is 12.5 Å². The average molecular weight is 529 g/mol. The zero-order valence-corrected chi connectivity index (χ0v) is 20.9. The van der Waals surface area contributed by atoms with Gasteiger partial charge in [-0.25, -0.2) is 0 Å². The Bertz CT molecular complexity index is 1100. The van der Waals surface area contributed by atoms with Gasteiger partial charge in [0.25, 0.3) is 0 Å². The lowest BCUT2D eigenvalue weighted by molar-refractivity contribution is -0.150. The quantitative estimate of drug-likeness (QED) is 0.531. The first-order chi connectivity index (χ1) is 16.5. The summed E-state index contributed by atoms with van der Waals surface area (Å²) in [5, 5.41) is 3.19. The Kier molecular flexibility index (Phi) is 6.79. The molecule has 0 unspecified atom stereocenters. The summed E-state index contributed by atoms with van der Waals surface area (Å²) in [5.74, 6) is 1.34. The molecule has 2 aliphatic heterocycles. The number of ether oxygens (including phenoxy) is 3. The van der Waals surface area contributed by atoms with E-state index in [-0.39, 0.29) is 30.5 Å². The highest BCUT2D eigenvalue weighted by Crippen LogP contribution is 2.38. The van der Waals surface area contributed by atoms with E-state index in [1.165, 1.54) is 5.56 Å². The summed E-state index contributed by atoms with van der Waals surface area (Å²) in [6.45, 7) is 4.84. The molecule has 5 rings (SSSR count). The van der Waals surface area contributed by atoms with Crippen molar-refractivity contribution in [2.75, 3.05) is 18.7 Å². The minimum atomic E-state index is -0.130. The number of rotatable bonds is 6. The number of hydrogen-bond acceptors (Lipinski definition) is 6. The van der Waals surface area contributed by atoms with Gasteiger partial charge in [-0.05, 0) is 73.6 Å². The van der Waals surface area contributed by atoms with Gasteiger partial charge in [0.15, 0.2) is 11.5 Å². The van der Waals surface area contributed by atoms with E-state index in [9.17, 15) is 9.59 Å². The van der Waals surface area contributed by atoms with Crippen LogP contribution >= 0.6 is 15.9 Å². The Morgan fingerprint density at radius 3 is 2.56 bits per heavy atom. The summed E-state index contributed by atoms with van der Waals surface area (Å²) in [6, 6.07) is 10.1. The highest BCUT2D eigenvalue weighted by Gasteiger charge is 2.32. The Labute approximate surface area is 207 Å². The molecule has 180 valence electrons. The molecule has 1 fully saturated rings. The fourth-order valence-electron chi connectivity index (χ4n) is 5.13. The Balaban J connectivity index is 1.22. The maximum Gasteiger partial charge on any atom is 0.308 e. The summed E-state index contributed by atoms with van der Waals surface area (Å²) < 4.78 is 17.1. The predicted molar refractivity (Wildman–Crippen MR) is 130 cm³/mol. The number of hydrogen-bond donors (Lipinski definition) is 1. The highest BCUT2D eigenvalue weighted by molar-refractivity contribution is 9.10. The van der Waals surface area contributed by atoms with Crippen LogP contribution in [0.4, 0.5) is 5.69 Å². The van der Waals surface area contributed by atoms with E-state index in [0.29, 0.717) is 32.3 Å². The smallest absolute Gasteiger partial charge is 0.308 e. The summed E-state index contributed by atoms with van der Waals surface area (Å²) in [5.41, 5.74) is 4.41. The third-order valence-electron chi connectivity index (χ3n) is 6.96. The molecule has 0 aromatic heterocycles. The third-order valence-corrected chi connectivity index (χ3v) is 7.70. The normalized spacial score (nSPS) is 21.2. The Hall–Kier alpha value is -2.58. The van der Waals surface area contributed by atoms with Gasteiger partial charge in [0, 0.05) is 35.7 Å². The second kappa shape index (κ2) is 9.96. The van der Waals surface area contributed by atoms with Gasteiger partial charge >= 0.3 is 5.97 Å². The summed E-state index contributed by atoms with van der Waals surface area (Å²) in [6.07, 6.45) is 2.84. The number of carbonyl (C=O) groups is 2. The van der Waals surface area contributed by atoms with Gasteiger partial charge in [-0.2, -0.15) is 0 Å². The standard InChI is InChI=1S/C26H29BrN2O5/c1-2-32-26(31)18-6-4-17(5-7-18)25(30)28-22-9-8-21(27)19-13-29(14-20(19)22)12-16-3-10-23-24(11-16)34-15-33-23/h3,8-11,17-18H,2,4-7,12-15H2,1H3,(H,28,30). The number of nitrogens with zero attached hydrogens (tertiary/aromatic N) is 1. The van der Waals surface area contributed by atoms with E-state index in [2.05, 4.69) is 32.2 Å². The van der Waals surface area contributed by atoms with Crippen LogP contribution in [0.5, 0.6) is 11.5 Å². The van der Waals surface area contributed by atoms with Crippen molar-refractivity contribution in [1.82, 2.24) is 4.90 Å². The van der Waals surface area contributed by atoms with Crippen molar-refractivity contribution in [3.05, 3.63) is 51.5 Å². The number of esters is 1. The van der Waals surface area contributed by atoms with Crippen LogP contribution < -0.4 is 14.8 Å². The van der Waals surface area contributed by atoms with Gasteiger partial charge in [0.2, 0.25) is 12.7 Å². The zero-order chi connectivity index (χ0) is 23.7. The van der Waals surface area contributed by atoms with Crippen LogP contribution in [-0.4, -0.2) is 30.2 Å². The molecule has 1 aliphatic carbocycles. The molecule has 0 bridgehead atoms. The Morgan fingerprint density at radius 1 is 1.03 bits per heavy atom.